The zero-order chi connectivity index (χ0) is 34.5. The molecule has 13 heteroatoms. The molecule has 0 bridgehead atoms. The lowest BCUT2D eigenvalue weighted by Crippen LogP contribution is -2.44. The highest BCUT2D eigenvalue weighted by molar-refractivity contribution is 6.04. The first kappa shape index (κ1) is 37.7. The lowest BCUT2D eigenvalue weighted by atomic mass is 9.92. The van der Waals surface area contributed by atoms with Crippen LogP contribution >= 0.6 is 0 Å². The summed E-state index contributed by atoms with van der Waals surface area (Å²) in [4.78, 5) is 23.0. The summed E-state index contributed by atoms with van der Waals surface area (Å²) < 4.78 is 11.3. The Morgan fingerprint density at radius 2 is 1.26 bits per heavy atom. The SMILES string of the molecule is CO.Cc1cccc([C@H]2OC(CO)CC(O)C2O)c1.O=CNc1ccc(NC(=O)c2cccc([C@H]3OC(CO)CC(O)C3O)c2)cc1. The lowest BCUT2D eigenvalue weighted by molar-refractivity contribution is -0.179. The maximum absolute atomic E-state index is 12.6. The van der Waals surface area contributed by atoms with Crippen LogP contribution in [0.5, 0.6) is 0 Å². The van der Waals surface area contributed by atoms with E-state index >= 15 is 0 Å². The van der Waals surface area contributed by atoms with Crippen molar-refractivity contribution in [1.82, 2.24) is 0 Å². The summed E-state index contributed by atoms with van der Waals surface area (Å²) in [5.74, 6) is -0.359. The molecule has 2 saturated heterocycles. The summed E-state index contributed by atoms with van der Waals surface area (Å²) in [6.07, 6.45) is -5.42. The van der Waals surface area contributed by atoms with Gasteiger partial charge in [0, 0.05) is 36.9 Å². The van der Waals surface area contributed by atoms with Crippen LogP contribution in [-0.2, 0) is 14.3 Å². The molecule has 6 unspecified atom stereocenters. The van der Waals surface area contributed by atoms with Crippen molar-refractivity contribution in [1.29, 1.82) is 0 Å². The van der Waals surface area contributed by atoms with Crippen molar-refractivity contribution in [2.24, 2.45) is 0 Å². The molecule has 3 aromatic carbocycles. The summed E-state index contributed by atoms with van der Waals surface area (Å²) in [5.41, 5.74) is 3.94. The average molecular weight is 657 g/mol. The van der Waals surface area contributed by atoms with Gasteiger partial charge in [-0.05, 0) is 54.4 Å². The largest absolute Gasteiger partial charge is 0.400 e. The average Bonchev–Trinajstić information content (AvgIpc) is 3.09. The van der Waals surface area contributed by atoms with Gasteiger partial charge in [0.2, 0.25) is 6.41 Å². The molecule has 0 aliphatic carbocycles. The number of benzene rings is 3. The lowest BCUT2D eigenvalue weighted by Gasteiger charge is -2.36. The molecule has 9 N–H and O–H groups in total. The van der Waals surface area contributed by atoms with E-state index in [9.17, 15) is 35.1 Å². The van der Waals surface area contributed by atoms with Crippen LogP contribution in [0.4, 0.5) is 11.4 Å². The molecule has 2 amide bonds. The number of ether oxygens (including phenoxy) is 2. The topological polar surface area (TPSA) is 218 Å². The third-order valence-electron chi connectivity index (χ3n) is 7.72. The summed E-state index contributed by atoms with van der Waals surface area (Å²) in [5, 5.41) is 70.6. The Bertz CT molecular complexity index is 1410. The molecule has 2 fully saturated rings. The highest BCUT2D eigenvalue weighted by Gasteiger charge is 2.38. The second kappa shape index (κ2) is 18.5. The molecule has 2 heterocycles. The number of aryl methyl sites for hydroxylation is 1. The van der Waals surface area contributed by atoms with E-state index in [2.05, 4.69) is 10.6 Å². The molecular weight excluding hydrogens is 612 g/mol. The van der Waals surface area contributed by atoms with E-state index in [-0.39, 0.29) is 32.0 Å². The molecule has 256 valence electrons. The second-order valence-electron chi connectivity index (χ2n) is 11.1. The van der Waals surface area contributed by atoms with Gasteiger partial charge in [0.15, 0.2) is 0 Å². The number of anilines is 2. The number of nitrogens with one attached hydrogen (secondary N) is 2. The predicted molar refractivity (Wildman–Crippen MR) is 173 cm³/mol. The smallest absolute Gasteiger partial charge is 0.255 e. The molecule has 3 aromatic rings. The molecule has 2 aliphatic rings. The van der Waals surface area contributed by atoms with Gasteiger partial charge in [-0.15, -0.1) is 0 Å². The monoisotopic (exact) mass is 656 g/mol. The van der Waals surface area contributed by atoms with Gasteiger partial charge < -0.3 is 55.9 Å². The zero-order valence-electron chi connectivity index (χ0n) is 26.2. The fourth-order valence-electron chi connectivity index (χ4n) is 5.32. The first-order chi connectivity index (χ1) is 22.6. The number of carbonyl (C=O) groups excluding carboxylic acids is 2. The van der Waals surface area contributed by atoms with E-state index in [4.69, 9.17) is 19.7 Å². The van der Waals surface area contributed by atoms with Crippen LogP contribution in [0.2, 0.25) is 0 Å². The van der Waals surface area contributed by atoms with Gasteiger partial charge in [-0.25, -0.2) is 0 Å². The molecule has 8 atom stereocenters. The van der Waals surface area contributed by atoms with Gasteiger partial charge in [-0.3, -0.25) is 9.59 Å². The zero-order valence-corrected chi connectivity index (χ0v) is 26.2. The van der Waals surface area contributed by atoms with Crippen LogP contribution in [0, 0.1) is 6.92 Å². The molecule has 13 nitrogen and oxygen atoms in total. The van der Waals surface area contributed by atoms with E-state index in [0.717, 1.165) is 18.2 Å². The molecule has 2 aliphatic heterocycles. The highest BCUT2D eigenvalue weighted by Crippen LogP contribution is 2.33. The van der Waals surface area contributed by atoms with Crippen LogP contribution in [0.25, 0.3) is 0 Å². The van der Waals surface area contributed by atoms with Gasteiger partial charge in [0.1, 0.15) is 24.4 Å². The van der Waals surface area contributed by atoms with Crippen molar-refractivity contribution < 1.29 is 54.8 Å². The van der Waals surface area contributed by atoms with Crippen LogP contribution < -0.4 is 10.6 Å². The quantitative estimate of drug-likeness (QED) is 0.157. The number of carbonyl (C=O) groups is 2. The van der Waals surface area contributed by atoms with Gasteiger partial charge in [-0.2, -0.15) is 0 Å². The standard InChI is InChI=1S/C20H22N2O6.C13H18O4.CH4O/c23-10-16-9-17(25)18(26)19(28-16)12-2-1-3-13(8-12)20(27)22-15-6-4-14(5-7-15)21-11-24;1-8-3-2-4-9(5-8)13-12(16)11(15)6-10(7-14)17-13;1-2/h1-8,11,16-19,23,25-26H,9-10H2,(H,21,24)(H,22,27);2-5,10-16H,6-7H2,1H3;2H,1H3/t16?,17?,18?,19-;10?,11?,12?,13-;/m11./s1. The Balaban J connectivity index is 0.000000270. The van der Waals surface area contributed by atoms with Crippen molar-refractivity contribution in [2.75, 3.05) is 31.0 Å². The number of amides is 2. The van der Waals surface area contributed by atoms with Gasteiger partial charge in [0.05, 0.1) is 37.6 Å². The highest BCUT2D eigenvalue weighted by atomic mass is 16.5. The summed E-state index contributed by atoms with van der Waals surface area (Å²) in [6.45, 7) is 1.54. The molecule has 0 spiro atoms. The third-order valence-corrected chi connectivity index (χ3v) is 7.72. The van der Waals surface area contributed by atoms with Gasteiger partial charge in [-0.1, -0.05) is 42.0 Å². The van der Waals surface area contributed by atoms with Crippen molar-refractivity contribution in [3.63, 3.8) is 0 Å². The number of hydrogen-bond acceptors (Lipinski definition) is 11. The fourth-order valence-corrected chi connectivity index (χ4v) is 5.32. The van der Waals surface area contributed by atoms with Crippen LogP contribution in [0.15, 0.2) is 72.8 Å². The van der Waals surface area contributed by atoms with E-state index < -0.39 is 48.8 Å². The fraction of sp³-hybridized carbons (Fsp3) is 0.412. The minimum absolute atomic E-state index is 0.142. The number of hydrogen-bond donors (Lipinski definition) is 9. The van der Waals surface area contributed by atoms with Crippen LogP contribution in [-0.4, -0.2) is 105 Å². The minimum atomic E-state index is -1.15. The van der Waals surface area contributed by atoms with E-state index in [1.807, 2.05) is 31.2 Å². The van der Waals surface area contributed by atoms with Gasteiger partial charge in [0.25, 0.3) is 5.91 Å². The Labute approximate surface area is 273 Å². The van der Waals surface area contributed by atoms with Crippen LogP contribution in [0.3, 0.4) is 0 Å². The summed E-state index contributed by atoms with van der Waals surface area (Å²) in [6, 6.07) is 20.8. The van der Waals surface area contributed by atoms with Crippen molar-refractivity contribution in [3.8, 4) is 0 Å². The minimum Gasteiger partial charge on any atom is -0.400 e. The number of aliphatic hydroxyl groups is 7. The maximum Gasteiger partial charge on any atom is 0.255 e. The number of aliphatic hydroxyl groups excluding tert-OH is 7. The van der Waals surface area contributed by atoms with Crippen molar-refractivity contribution in [2.45, 2.75) is 68.6 Å². The molecule has 0 aromatic heterocycles. The van der Waals surface area contributed by atoms with Crippen molar-refractivity contribution >= 4 is 23.7 Å². The Hall–Kier alpha value is -3.76. The Kier molecular flexibility index (Phi) is 14.9. The van der Waals surface area contributed by atoms with Gasteiger partial charge >= 0.3 is 0 Å². The molecule has 0 saturated carbocycles. The molecule has 0 radical (unpaired) electrons. The normalized spacial score (nSPS) is 26.8. The molecule has 5 rings (SSSR count). The Morgan fingerprint density at radius 3 is 1.74 bits per heavy atom. The number of rotatable bonds is 8. The Morgan fingerprint density at radius 1 is 0.766 bits per heavy atom. The van der Waals surface area contributed by atoms with E-state index in [1.165, 1.54) is 0 Å². The van der Waals surface area contributed by atoms with Crippen molar-refractivity contribution in [3.05, 3.63) is 95.1 Å². The second-order valence-corrected chi connectivity index (χ2v) is 11.1. The molecular formula is C34H44N2O11. The first-order valence-corrected chi connectivity index (χ1v) is 15.1. The third kappa shape index (κ3) is 10.4. The summed E-state index contributed by atoms with van der Waals surface area (Å²) >= 11 is 0. The van der Waals surface area contributed by atoms with E-state index in [0.29, 0.717) is 28.9 Å². The molecule has 47 heavy (non-hydrogen) atoms. The summed E-state index contributed by atoms with van der Waals surface area (Å²) in [7, 11) is 1.00. The predicted octanol–water partition coefficient (Wildman–Crippen LogP) is 1.20. The van der Waals surface area contributed by atoms with Crippen LogP contribution in [0.1, 0.15) is 52.1 Å². The first-order valence-electron chi connectivity index (χ1n) is 15.1. The van der Waals surface area contributed by atoms with E-state index in [1.54, 1.807) is 48.5 Å². The maximum atomic E-state index is 12.6.